The van der Waals surface area contributed by atoms with Gasteiger partial charge in [0.25, 0.3) is 0 Å². The number of hydrogen-bond donors (Lipinski definition) is 0. The van der Waals surface area contributed by atoms with Gasteiger partial charge in [-0.05, 0) is 25.0 Å². The summed E-state index contributed by atoms with van der Waals surface area (Å²) in [6.07, 6.45) is 7.07. The number of fused-ring (bicyclic) bond motifs is 1. The minimum absolute atomic E-state index is 0.506. The molecule has 1 aliphatic carbocycles. The van der Waals surface area contributed by atoms with Gasteiger partial charge in [0.05, 0.1) is 11.3 Å². The minimum Gasteiger partial charge on any atom is -0.355 e. The first kappa shape index (κ1) is 10.5. The molecule has 1 heterocycles. The number of carbonyl (C=O) groups excluding carboxylic acids is 1. The zero-order valence-electron chi connectivity index (χ0n) is 9.69. The fourth-order valence-electron chi connectivity index (χ4n) is 2.77. The maximum absolute atomic E-state index is 10.9. The maximum Gasteiger partial charge on any atom is 0.177 e. The molecular formula is C14H15NO2. The van der Waals surface area contributed by atoms with Crippen LogP contribution < -0.4 is 0 Å². The van der Waals surface area contributed by atoms with E-state index in [0.29, 0.717) is 17.1 Å². The molecule has 0 radical (unpaired) electrons. The molecule has 1 aromatic heterocycles. The van der Waals surface area contributed by atoms with E-state index in [1.165, 1.54) is 32.1 Å². The Morgan fingerprint density at radius 1 is 1.24 bits per heavy atom. The highest BCUT2D eigenvalue weighted by molar-refractivity contribution is 5.95. The second kappa shape index (κ2) is 4.32. The number of carbonyl (C=O) groups is 1. The maximum atomic E-state index is 10.9. The van der Waals surface area contributed by atoms with E-state index >= 15 is 0 Å². The molecule has 17 heavy (non-hydrogen) atoms. The Morgan fingerprint density at radius 2 is 2.06 bits per heavy atom. The molecule has 1 saturated carbocycles. The van der Waals surface area contributed by atoms with Crippen molar-refractivity contribution in [3.63, 3.8) is 0 Å². The SMILES string of the molecule is O=Cc1cccc2c(C3CCCCC3)noc12. The molecule has 0 aliphatic heterocycles. The molecule has 0 amide bonds. The Hall–Kier alpha value is -1.64. The average molecular weight is 229 g/mol. The van der Waals surface area contributed by atoms with Crippen molar-refractivity contribution < 1.29 is 9.32 Å². The lowest BCUT2D eigenvalue weighted by Gasteiger charge is -2.19. The first-order valence-electron chi connectivity index (χ1n) is 6.23. The molecule has 3 rings (SSSR count). The standard InChI is InChI=1S/C14H15NO2/c16-9-11-7-4-8-12-13(15-17-14(11)12)10-5-2-1-3-6-10/h4,7-10H,1-3,5-6H2. The molecular weight excluding hydrogens is 214 g/mol. The van der Waals surface area contributed by atoms with Gasteiger partial charge in [0.15, 0.2) is 11.9 Å². The van der Waals surface area contributed by atoms with E-state index < -0.39 is 0 Å². The summed E-state index contributed by atoms with van der Waals surface area (Å²) < 4.78 is 5.34. The van der Waals surface area contributed by atoms with Crippen molar-refractivity contribution in [3.8, 4) is 0 Å². The molecule has 88 valence electrons. The monoisotopic (exact) mass is 229 g/mol. The number of rotatable bonds is 2. The Kier molecular flexibility index (Phi) is 2.67. The van der Waals surface area contributed by atoms with Gasteiger partial charge in [-0.15, -0.1) is 0 Å². The highest BCUT2D eigenvalue weighted by atomic mass is 16.5. The Morgan fingerprint density at radius 3 is 2.82 bits per heavy atom. The van der Waals surface area contributed by atoms with Crippen LogP contribution in [0.3, 0.4) is 0 Å². The molecule has 3 nitrogen and oxygen atoms in total. The Balaban J connectivity index is 2.08. The van der Waals surface area contributed by atoms with Gasteiger partial charge < -0.3 is 4.52 Å². The van der Waals surface area contributed by atoms with E-state index in [1.54, 1.807) is 6.07 Å². The first-order chi connectivity index (χ1) is 8.40. The van der Waals surface area contributed by atoms with E-state index in [1.807, 2.05) is 12.1 Å². The van der Waals surface area contributed by atoms with Gasteiger partial charge in [0.1, 0.15) is 0 Å². The van der Waals surface area contributed by atoms with E-state index in [9.17, 15) is 4.79 Å². The number of hydrogen-bond acceptors (Lipinski definition) is 3. The van der Waals surface area contributed by atoms with Crippen molar-refractivity contribution in [2.24, 2.45) is 0 Å². The van der Waals surface area contributed by atoms with E-state index in [2.05, 4.69) is 5.16 Å². The molecule has 1 aliphatic rings. The molecule has 0 spiro atoms. The Labute approximate surface area is 99.8 Å². The van der Waals surface area contributed by atoms with Crippen molar-refractivity contribution in [1.29, 1.82) is 0 Å². The predicted octanol–water partition coefficient (Wildman–Crippen LogP) is 3.69. The van der Waals surface area contributed by atoms with Crippen LogP contribution in [-0.4, -0.2) is 11.4 Å². The third-order valence-electron chi connectivity index (χ3n) is 3.68. The number of aldehydes is 1. The second-order valence-corrected chi connectivity index (χ2v) is 4.74. The summed E-state index contributed by atoms with van der Waals surface area (Å²) in [5.74, 6) is 0.506. The largest absolute Gasteiger partial charge is 0.355 e. The summed E-state index contributed by atoms with van der Waals surface area (Å²) in [5.41, 5.74) is 2.28. The topological polar surface area (TPSA) is 43.1 Å². The lowest BCUT2D eigenvalue weighted by Crippen LogP contribution is -2.04. The van der Waals surface area contributed by atoms with E-state index in [-0.39, 0.29) is 0 Å². The third-order valence-corrected chi connectivity index (χ3v) is 3.68. The van der Waals surface area contributed by atoms with Gasteiger partial charge in [-0.1, -0.05) is 30.5 Å². The van der Waals surface area contributed by atoms with E-state index in [0.717, 1.165) is 17.4 Å². The van der Waals surface area contributed by atoms with Crippen LogP contribution in [0.2, 0.25) is 0 Å². The summed E-state index contributed by atoms with van der Waals surface area (Å²) >= 11 is 0. The summed E-state index contributed by atoms with van der Waals surface area (Å²) in [6.45, 7) is 0. The molecule has 0 atom stereocenters. The van der Waals surface area contributed by atoms with Gasteiger partial charge in [0.2, 0.25) is 0 Å². The highest BCUT2D eigenvalue weighted by Crippen LogP contribution is 2.36. The Bertz CT molecular complexity index is 538. The van der Waals surface area contributed by atoms with Crippen LogP contribution >= 0.6 is 0 Å². The first-order valence-corrected chi connectivity index (χ1v) is 6.23. The van der Waals surface area contributed by atoms with Gasteiger partial charge in [-0.25, -0.2) is 0 Å². The number of benzene rings is 1. The summed E-state index contributed by atoms with van der Waals surface area (Å²) in [5, 5.41) is 5.21. The third kappa shape index (κ3) is 1.75. The van der Waals surface area contributed by atoms with Crippen LogP contribution in [0.1, 0.15) is 54.1 Å². The fraction of sp³-hybridized carbons (Fsp3) is 0.429. The molecule has 2 aromatic rings. The highest BCUT2D eigenvalue weighted by Gasteiger charge is 2.22. The molecule has 0 N–H and O–H groups in total. The predicted molar refractivity (Wildman–Crippen MR) is 65.2 cm³/mol. The van der Waals surface area contributed by atoms with Crippen LogP contribution in [0.15, 0.2) is 22.7 Å². The summed E-state index contributed by atoms with van der Waals surface area (Å²) in [6, 6.07) is 5.67. The summed E-state index contributed by atoms with van der Waals surface area (Å²) in [4.78, 5) is 10.9. The fourth-order valence-corrected chi connectivity index (χ4v) is 2.77. The van der Waals surface area contributed by atoms with Crippen molar-refractivity contribution >= 4 is 17.3 Å². The average Bonchev–Trinajstić information content (AvgIpc) is 2.83. The van der Waals surface area contributed by atoms with Crippen molar-refractivity contribution in [2.45, 2.75) is 38.0 Å². The van der Waals surface area contributed by atoms with Gasteiger partial charge in [-0.2, -0.15) is 0 Å². The quantitative estimate of drug-likeness (QED) is 0.737. The van der Waals surface area contributed by atoms with Gasteiger partial charge in [0, 0.05) is 11.3 Å². The van der Waals surface area contributed by atoms with E-state index in [4.69, 9.17) is 4.52 Å². The molecule has 0 unspecified atom stereocenters. The molecule has 1 aromatic carbocycles. The number of para-hydroxylation sites is 1. The summed E-state index contributed by atoms with van der Waals surface area (Å²) in [7, 11) is 0. The molecule has 1 fully saturated rings. The molecule has 3 heteroatoms. The molecule has 0 saturated heterocycles. The van der Waals surface area contributed by atoms with Crippen LogP contribution in [0.25, 0.3) is 11.0 Å². The van der Waals surface area contributed by atoms with Crippen molar-refractivity contribution in [3.05, 3.63) is 29.5 Å². The van der Waals surface area contributed by atoms with Crippen LogP contribution in [0.5, 0.6) is 0 Å². The lowest BCUT2D eigenvalue weighted by molar-refractivity contribution is 0.112. The number of nitrogens with zero attached hydrogens (tertiary/aromatic N) is 1. The second-order valence-electron chi connectivity index (χ2n) is 4.74. The zero-order valence-corrected chi connectivity index (χ0v) is 9.69. The molecule has 0 bridgehead atoms. The smallest absolute Gasteiger partial charge is 0.177 e. The van der Waals surface area contributed by atoms with Crippen LogP contribution in [0.4, 0.5) is 0 Å². The van der Waals surface area contributed by atoms with Crippen LogP contribution in [0, 0.1) is 0 Å². The van der Waals surface area contributed by atoms with Crippen molar-refractivity contribution in [1.82, 2.24) is 5.16 Å². The minimum atomic E-state index is 0.506. The van der Waals surface area contributed by atoms with Gasteiger partial charge >= 0.3 is 0 Å². The normalized spacial score (nSPS) is 17.4. The van der Waals surface area contributed by atoms with Crippen molar-refractivity contribution in [2.75, 3.05) is 0 Å². The lowest BCUT2D eigenvalue weighted by atomic mass is 9.86. The number of aromatic nitrogens is 1. The van der Waals surface area contributed by atoms with Crippen LogP contribution in [-0.2, 0) is 0 Å². The van der Waals surface area contributed by atoms with Gasteiger partial charge in [-0.3, -0.25) is 4.79 Å². The zero-order chi connectivity index (χ0) is 11.7.